The maximum atomic E-state index is 13.0. The maximum Gasteiger partial charge on any atom is 0.561 e. The highest BCUT2D eigenvalue weighted by Gasteiger charge is 2.59. The fourth-order valence-electron chi connectivity index (χ4n) is 3.24. The second-order valence-electron chi connectivity index (χ2n) is 11.2. The molecule has 0 bridgehead atoms. The maximum absolute atomic E-state index is 13.0. The third-order valence-corrected chi connectivity index (χ3v) is 13.5. The van der Waals surface area contributed by atoms with Gasteiger partial charge in [-0.25, -0.2) is 4.79 Å². The monoisotopic (exact) mass is 508 g/mol. The molecule has 0 aromatic carbocycles. The van der Waals surface area contributed by atoms with Crippen LogP contribution in [0.3, 0.4) is 0 Å². The predicted molar refractivity (Wildman–Crippen MR) is 136 cm³/mol. The molecule has 11 heteroatoms. The molecule has 0 radical (unpaired) electrons. The van der Waals surface area contributed by atoms with Gasteiger partial charge in [-0.3, -0.25) is 0 Å². The number of carbonyl (C=O) groups excluding carboxylic acids is 1. The van der Waals surface area contributed by atoms with Gasteiger partial charge in [-0.2, -0.15) is 0 Å². The largest absolute Gasteiger partial charge is 0.561 e. The molecule has 1 heterocycles. The molecule has 0 aliphatic carbocycles. The molecule has 0 aromatic heterocycles. The summed E-state index contributed by atoms with van der Waals surface area (Å²) in [5, 5.41) is 0. The van der Waals surface area contributed by atoms with Crippen molar-refractivity contribution in [2.24, 2.45) is 0 Å². The standard InChI is InChI=1S/C19H44O6Si5/c1-12-17(26)16(2)18(20)21-30(25-29(9,10)11)15-13-14-19(24-30,22-27(3,4)5)23-28(6,7)8/h17H,2,12-15H2,1,3-11,26H3. The Bertz CT molecular complexity index is 606. The minimum absolute atomic E-state index is 0.181. The minimum Gasteiger partial charge on any atom is -0.470 e. The van der Waals surface area contributed by atoms with Crippen LogP contribution in [0.5, 0.6) is 0 Å². The molecule has 0 spiro atoms. The summed E-state index contributed by atoms with van der Waals surface area (Å²) in [6, 6.07) is 0.583. The van der Waals surface area contributed by atoms with Crippen LogP contribution in [0.4, 0.5) is 0 Å². The zero-order chi connectivity index (χ0) is 23.6. The van der Waals surface area contributed by atoms with Crippen molar-refractivity contribution in [3.63, 3.8) is 0 Å². The first-order valence-corrected chi connectivity index (χ1v) is 24.3. The summed E-state index contributed by atoms with van der Waals surface area (Å²) in [6.07, 6.45) is 2.26. The lowest BCUT2D eigenvalue weighted by Gasteiger charge is -2.49. The molecule has 0 aromatic rings. The van der Waals surface area contributed by atoms with Crippen LogP contribution in [0.25, 0.3) is 0 Å². The highest BCUT2D eigenvalue weighted by molar-refractivity contribution is 6.80. The van der Waals surface area contributed by atoms with Crippen molar-refractivity contribution < 1.29 is 26.6 Å². The Labute approximate surface area is 191 Å². The Morgan fingerprint density at radius 1 is 1.07 bits per heavy atom. The third-order valence-electron chi connectivity index (χ3n) is 4.38. The summed E-state index contributed by atoms with van der Waals surface area (Å²) in [4.78, 5) is 13.0. The molecule has 176 valence electrons. The Kier molecular flexibility index (Phi) is 9.35. The topological polar surface area (TPSA) is 63.2 Å². The number of hydrogen-bond donors (Lipinski definition) is 0. The number of hydrogen-bond acceptors (Lipinski definition) is 6. The SMILES string of the molecule is C=C(C(=O)O[Si]1(O[Si](C)(C)C)CCCC(O[Si](C)(C)C)(O[Si](C)(C)C)O1)C([SiH3])CC. The van der Waals surface area contributed by atoms with Gasteiger partial charge in [0, 0.05) is 28.3 Å². The summed E-state index contributed by atoms with van der Waals surface area (Å²) in [7, 11) is -8.66. The van der Waals surface area contributed by atoms with E-state index in [9.17, 15) is 4.79 Å². The van der Waals surface area contributed by atoms with E-state index in [0.29, 0.717) is 18.0 Å². The molecule has 0 N–H and O–H groups in total. The van der Waals surface area contributed by atoms with E-state index in [0.717, 1.165) is 23.1 Å². The van der Waals surface area contributed by atoms with E-state index in [1.807, 2.05) is 0 Å². The molecule has 1 rings (SSSR count). The van der Waals surface area contributed by atoms with E-state index in [1.165, 1.54) is 0 Å². The average molecular weight is 509 g/mol. The van der Waals surface area contributed by atoms with E-state index >= 15 is 0 Å². The van der Waals surface area contributed by atoms with Crippen LogP contribution in [0.1, 0.15) is 26.2 Å². The van der Waals surface area contributed by atoms with Crippen LogP contribution >= 0.6 is 0 Å². The van der Waals surface area contributed by atoms with Crippen molar-refractivity contribution in [2.75, 3.05) is 0 Å². The Morgan fingerprint density at radius 2 is 1.57 bits per heavy atom. The van der Waals surface area contributed by atoms with Crippen LogP contribution < -0.4 is 0 Å². The van der Waals surface area contributed by atoms with E-state index in [1.54, 1.807) is 0 Å². The molecule has 1 aliphatic rings. The molecule has 2 unspecified atom stereocenters. The average Bonchev–Trinajstić information content (AvgIpc) is 2.47. The summed E-state index contributed by atoms with van der Waals surface area (Å²) >= 11 is 0. The Morgan fingerprint density at radius 3 is 1.97 bits per heavy atom. The van der Waals surface area contributed by atoms with E-state index in [-0.39, 0.29) is 5.54 Å². The van der Waals surface area contributed by atoms with Gasteiger partial charge < -0.3 is 21.8 Å². The van der Waals surface area contributed by atoms with Crippen LogP contribution in [-0.4, -0.2) is 55.9 Å². The highest BCUT2D eigenvalue weighted by atomic mass is 28.5. The van der Waals surface area contributed by atoms with Gasteiger partial charge in [0.15, 0.2) is 25.0 Å². The first kappa shape index (κ1) is 28.2. The lowest BCUT2D eigenvalue weighted by molar-refractivity contribution is -0.293. The normalized spacial score (nSPS) is 23.8. The molecular formula is C19H44O6Si5. The first-order chi connectivity index (χ1) is 13.3. The van der Waals surface area contributed by atoms with Crippen molar-refractivity contribution in [1.29, 1.82) is 0 Å². The molecule has 1 saturated heterocycles. The highest BCUT2D eigenvalue weighted by Crippen LogP contribution is 2.41. The van der Waals surface area contributed by atoms with Crippen LogP contribution in [-0.2, 0) is 26.6 Å². The van der Waals surface area contributed by atoms with Crippen LogP contribution in [0, 0.1) is 0 Å². The Hall–Kier alpha value is 0.134. The van der Waals surface area contributed by atoms with Gasteiger partial charge in [0.25, 0.3) is 5.97 Å². The summed E-state index contributed by atoms with van der Waals surface area (Å²) in [6.45, 7) is 25.0. The number of rotatable bonds is 10. The lowest BCUT2D eigenvalue weighted by atomic mass is 10.2. The molecule has 6 nitrogen and oxygen atoms in total. The molecular weight excluding hydrogens is 465 g/mol. The van der Waals surface area contributed by atoms with Crippen molar-refractivity contribution in [2.45, 2.75) is 103 Å². The fraction of sp³-hybridized carbons (Fsp3) is 0.842. The molecule has 0 saturated carbocycles. The Balaban J connectivity index is 3.35. The van der Waals surface area contributed by atoms with Gasteiger partial charge in [-0.15, -0.1) is 0 Å². The molecule has 0 amide bonds. The summed E-state index contributed by atoms with van der Waals surface area (Å²) in [5.74, 6) is -1.59. The second kappa shape index (κ2) is 9.95. The first-order valence-electron chi connectivity index (χ1n) is 11.0. The van der Waals surface area contributed by atoms with Gasteiger partial charge in [0.1, 0.15) is 0 Å². The van der Waals surface area contributed by atoms with E-state index < -0.39 is 45.7 Å². The van der Waals surface area contributed by atoms with Crippen LogP contribution in [0.15, 0.2) is 12.2 Å². The minimum atomic E-state index is -3.38. The fourth-order valence-corrected chi connectivity index (χ4v) is 12.4. The zero-order valence-corrected chi connectivity index (χ0v) is 27.1. The van der Waals surface area contributed by atoms with Crippen molar-refractivity contribution in [1.82, 2.24) is 0 Å². The van der Waals surface area contributed by atoms with Gasteiger partial charge in [-0.05, 0) is 70.9 Å². The van der Waals surface area contributed by atoms with Gasteiger partial charge in [0.05, 0.1) is 0 Å². The van der Waals surface area contributed by atoms with Crippen molar-refractivity contribution in [3.8, 4) is 0 Å². The molecule has 2 atom stereocenters. The van der Waals surface area contributed by atoms with Crippen molar-refractivity contribution in [3.05, 3.63) is 12.2 Å². The van der Waals surface area contributed by atoms with Gasteiger partial charge in [-0.1, -0.05) is 19.9 Å². The molecule has 1 fully saturated rings. The van der Waals surface area contributed by atoms with E-state index in [4.69, 9.17) is 21.8 Å². The smallest absolute Gasteiger partial charge is 0.470 e. The number of carbonyl (C=O) groups is 1. The van der Waals surface area contributed by atoms with E-state index in [2.05, 4.69) is 72.4 Å². The van der Waals surface area contributed by atoms with Gasteiger partial charge in [0.2, 0.25) is 0 Å². The van der Waals surface area contributed by atoms with Crippen LogP contribution in [0.2, 0.25) is 70.5 Å². The quantitative estimate of drug-likeness (QED) is 0.244. The molecule has 1 aliphatic heterocycles. The summed E-state index contributed by atoms with van der Waals surface area (Å²) < 4.78 is 32.3. The third kappa shape index (κ3) is 9.32. The lowest BCUT2D eigenvalue weighted by Crippen LogP contribution is -2.65. The summed E-state index contributed by atoms with van der Waals surface area (Å²) in [5.41, 5.74) is 0.701. The zero-order valence-electron chi connectivity index (χ0n) is 21.1. The predicted octanol–water partition coefficient (Wildman–Crippen LogP) is 4.61. The molecule has 30 heavy (non-hydrogen) atoms. The second-order valence-corrected chi connectivity index (χ2v) is 28.8. The van der Waals surface area contributed by atoms with Gasteiger partial charge >= 0.3 is 14.8 Å². The van der Waals surface area contributed by atoms with Crippen molar-refractivity contribution >= 4 is 50.0 Å².